The Labute approximate surface area is 49.4 Å². The predicted octanol–water partition coefficient (Wildman–Crippen LogP) is 1.75. The van der Waals surface area contributed by atoms with Gasteiger partial charge in [0.15, 0.2) is 0 Å². The largest absolute Gasteiger partial charge is 0.0991 e. The summed E-state index contributed by atoms with van der Waals surface area (Å²) in [7, 11) is 0. The predicted molar refractivity (Wildman–Crippen MR) is 25.0 cm³/mol. The average Bonchev–Trinajstić information content (AvgIpc) is 1.41. The number of allylic oxidation sites excluding steroid dienone is 3. The average molecular weight is 132 g/mol. The first-order valence-corrected chi connectivity index (χ1v) is 1.65. The van der Waals surface area contributed by atoms with Crippen molar-refractivity contribution in [3.05, 3.63) is 24.8 Å². The number of hydrogen-bond acceptors (Lipinski definition) is 0. The summed E-state index contributed by atoms with van der Waals surface area (Å²) < 4.78 is 0. The second-order valence-corrected chi connectivity index (χ2v) is 0.761. The standard InChI is InChI=1S/C5H8.Cu/c1-3-5-4-2;/h3-5H,1H2,2H3;. The smallest absolute Gasteiger partial charge is 0 e. The van der Waals surface area contributed by atoms with Gasteiger partial charge in [0, 0.05) is 17.1 Å². The molecule has 0 spiro atoms. The molecule has 0 unspecified atom stereocenters. The summed E-state index contributed by atoms with van der Waals surface area (Å²) in [5.74, 6) is 0. The summed E-state index contributed by atoms with van der Waals surface area (Å²) in [4.78, 5) is 0. The first-order valence-electron chi connectivity index (χ1n) is 1.65. The van der Waals surface area contributed by atoms with Crippen LogP contribution in [0.2, 0.25) is 0 Å². The first kappa shape index (κ1) is 9.37. The van der Waals surface area contributed by atoms with Crippen molar-refractivity contribution in [2.24, 2.45) is 0 Å². The van der Waals surface area contributed by atoms with E-state index in [1.807, 2.05) is 19.1 Å². The van der Waals surface area contributed by atoms with Crippen molar-refractivity contribution in [3.8, 4) is 0 Å². The third kappa shape index (κ3) is 9.00. The second kappa shape index (κ2) is 8.89. The summed E-state index contributed by atoms with van der Waals surface area (Å²) in [6.07, 6.45) is 5.58. The summed E-state index contributed by atoms with van der Waals surface area (Å²) in [6.45, 7) is 5.42. The topological polar surface area (TPSA) is 0 Å². The van der Waals surface area contributed by atoms with Crippen LogP contribution in [0.5, 0.6) is 0 Å². The van der Waals surface area contributed by atoms with E-state index in [0.29, 0.717) is 0 Å². The Hall–Kier alpha value is -0.000519. The molecule has 1 heteroatoms. The van der Waals surface area contributed by atoms with Crippen LogP contribution in [0.4, 0.5) is 0 Å². The van der Waals surface area contributed by atoms with E-state index in [0.717, 1.165) is 0 Å². The van der Waals surface area contributed by atoms with Gasteiger partial charge in [0.25, 0.3) is 0 Å². The third-order valence-electron chi connectivity index (χ3n) is 0.329. The van der Waals surface area contributed by atoms with Crippen molar-refractivity contribution in [1.29, 1.82) is 0 Å². The zero-order valence-corrected chi connectivity index (χ0v) is 4.68. The molecule has 0 amide bonds. The SMILES string of the molecule is C=CC=CC.[Cu]. The molecule has 0 saturated heterocycles. The van der Waals surface area contributed by atoms with E-state index >= 15 is 0 Å². The maximum atomic E-state index is 3.46. The van der Waals surface area contributed by atoms with Crippen LogP contribution in [0.25, 0.3) is 0 Å². The Morgan fingerprint density at radius 2 is 2.00 bits per heavy atom. The summed E-state index contributed by atoms with van der Waals surface area (Å²) in [5, 5.41) is 0. The van der Waals surface area contributed by atoms with Gasteiger partial charge in [0.2, 0.25) is 0 Å². The van der Waals surface area contributed by atoms with E-state index in [9.17, 15) is 0 Å². The Bertz CT molecular complexity index is 45.9. The van der Waals surface area contributed by atoms with Crippen LogP contribution in [0.3, 0.4) is 0 Å². The Kier molecular flexibility index (Phi) is 13.9. The Morgan fingerprint density at radius 3 is 2.00 bits per heavy atom. The van der Waals surface area contributed by atoms with Crippen LogP contribution < -0.4 is 0 Å². The molecular weight excluding hydrogens is 124 g/mol. The molecule has 0 saturated carbocycles. The minimum absolute atomic E-state index is 0. The minimum Gasteiger partial charge on any atom is -0.0991 e. The third-order valence-corrected chi connectivity index (χ3v) is 0.329. The molecule has 1 radical (unpaired) electrons. The molecule has 0 bridgehead atoms. The summed E-state index contributed by atoms with van der Waals surface area (Å²) in [5.41, 5.74) is 0. The molecule has 0 aromatic carbocycles. The van der Waals surface area contributed by atoms with Crippen LogP contribution in [0, 0.1) is 0 Å². The molecule has 6 heavy (non-hydrogen) atoms. The van der Waals surface area contributed by atoms with E-state index in [2.05, 4.69) is 6.58 Å². The molecule has 0 N–H and O–H groups in total. The van der Waals surface area contributed by atoms with E-state index < -0.39 is 0 Å². The quantitative estimate of drug-likeness (QED) is 0.376. The van der Waals surface area contributed by atoms with Crippen molar-refractivity contribution in [2.75, 3.05) is 0 Å². The van der Waals surface area contributed by atoms with Crippen LogP contribution in [-0.2, 0) is 17.1 Å². The first-order chi connectivity index (χ1) is 2.41. The molecule has 0 aromatic rings. The maximum Gasteiger partial charge on any atom is 0 e. The normalized spacial score (nSPS) is 7.50. The molecule has 0 aliphatic heterocycles. The maximum absolute atomic E-state index is 3.46. The van der Waals surface area contributed by atoms with Crippen molar-refractivity contribution in [2.45, 2.75) is 6.92 Å². The van der Waals surface area contributed by atoms with Gasteiger partial charge >= 0.3 is 0 Å². The zero-order chi connectivity index (χ0) is 4.12. The minimum atomic E-state index is 0. The van der Waals surface area contributed by atoms with E-state index in [4.69, 9.17) is 0 Å². The van der Waals surface area contributed by atoms with Gasteiger partial charge in [-0.2, -0.15) is 0 Å². The van der Waals surface area contributed by atoms with Gasteiger partial charge < -0.3 is 0 Å². The van der Waals surface area contributed by atoms with Gasteiger partial charge in [-0.15, -0.1) is 0 Å². The molecule has 0 nitrogen and oxygen atoms in total. The summed E-state index contributed by atoms with van der Waals surface area (Å²) in [6, 6.07) is 0. The van der Waals surface area contributed by atoms with Crippen LogP contribution in [-0.4, -0.2) is 0 Å². The van der Waals surface area contributed by atoms with Gasteiger partial charge in [0.1, 0.15) is 0 Å². The van der Waals surface area contributed by atoms with Crippen molar-refractivity contribution in [3.63, 3.8) is 0 Å². The van der Waals surface area contributed by atoms with Gasteiger partial charge in [-0.1, -0.05) is 24.8 Å². The van der Waals surface area contributed by atoms with E-state index in [-0.39, 0.29) is 17.1 Å². The Balaban J connectivity index is 0. The second-order valence-electron chi connectivity index (χ2n) is 0.761. The van der Waals surface area contributed by atoms with Gasteiger partial charge in [-0.05, 0) is 6.92 Å². The number of rotatable bonds is 1. The summed E-state index contributed by atoms with van der Waals surface area (Å²) >= 11 is 0. The fourth-order valence-electron chi connectivity index (χ4n) is 0.136. The Morgan fingerprint density at radius 1 is 1.50 bits per heavy atom. The van der Waals surface area contributed by atoms with Crippen molar-refractivity contribution >= 4 is 0 Å². The molecule has 0 atom stereocenters. The molecule has 0 aliphatic carbocycles. The molecule has 0 aliphatic rings. The van der Waals surface area contributed by atoms with E-state index in [1.165, 1.54) is 0 Å². The van der Waals surface area contributed by atoms with Gasteiger partial charge in [-0.25, -0.2) is 0 Å². The fraction of sp³-hybridized carbons (Fsp3) is 0.200. The fourth-order valence-corrected chi connectivity index (χ4v) is 0.136. The monoisotopic (exact) mass is 131 g/mol. The van der Waals surface area contributed by atoms with Crippen LogP contribution in [0.15, 0.2) is 24.8 Å². The van der Waals surface area contributed by atoms with Crippen molar-refractivity contribution < 1.29 is 17.1 Å². The molecule has 0 aromatic heterocycles. The van der Waals surface area contributed by atoms with E-state index in [1.54, 1.807) is 6.08 Å². The van der Waals surface area contributed by atoms with Crippen LogP contribution in [0.1, 0.15) is 6.92 Å². The molecule has 39 valence electrons. The van der Waals surface area contributed by atoms with Crippen LogP contribution >= 0.6 is 0 Å². The van der Waals surface area contributed by atoms with Crippen molar-refractivity contribution in [1.82, 2.24) is 0 Å². The zero-order valence-electron chi connectivity index (χ0n) is 3.74. The molecular formula is C5H8Cu. The molecule has 0 rings (SSSR count). The molecule has 0 heterocycles. The van der Waals surface area contributed by atoms with Gasteiger partial charge in [-0.3, -0.25) is 0 Å². The van der Waals surface area contributed by atoms with Gasteiger partial charge in [0.05, 0.1) is 0 Å². The number of hydrogen-bond donors (Lipinski definition) is 0. The molecule has 0 fully saturated rings.